The predicted octanol–water partition coefficient (Wildman–Crippen LogP) is 1.85. The number of methoxy groups -OCH3 is 1. The number of hydrogen-bond acceptors (Lipinski definition) is 6. The average molecular weight is 348 g/mol. The molecule has 2 rings (SSSR count). The van der Waals surface area contributed by atoms with Crippen molar-refractivity contribution in [3.05, 3.63) is 29.8 Å². The third-order valence-electron chi connectivity index (χ3n) is 4.07. The van der Waals surface area contributed by atoms with Gasteiger partial charge in [-0.2, -0.15) is 0 Å². The molecule has 1 amide bonds. The molecule has 0 radical (unpaired) electrons. The summed E-state index contributed by atoms with van der Waals surface area (Å²) in [5, 5.41) is 3.70. The third kappa shape index (κ3) is 6.45. The number of rotatable bonds is 7. The van der Waals surface area contributed by atoms with E-state index in [9.17, 15) is 9.59 Å². The zero-order chi connectivity index (χ0) is 18.1. The number of hydrogen-bond donors (Lipinski definition) is 0. The van der Waals surface area contributed by atoms with Gasteiger partial charge in [-0.15, -0.1) is 0 Å². The van der Waals surface area contributed by atoms with Crippen molar-refractivity contribution >= 4 is 18.1 Å². The lowest BCUT2D eigenvalue weighted by Gasteiger charge is -2.30. The average Bonchev–Trinajstić information content (AvgIpc) is 2.64. The summed E-state index contributed by atoms with van der Waals surface area (Å²) in [7, 11) is 1.59. The molecule has 0 bridgehead atoms. The molecule has 0 N–H and O–H groups in total. The first-order chi connectivity index (χ1) is 12.1. The number of ether oxygens (including phenoxy) is 2. The van der Waals surface area contributed by atoms with Gasteiger partial charge in [0, 0.05) is 13.1 Å². The van der Waals surface area contributed by atoms with E-state index < -0.39 is 5.97 Å². The second kappa shape index (κ2) is 9.66. The van der Waals surface area contributed by atoms with Gasteiger partial charge in [-0.3, -0.25) is 4.79 Å². The molecule has 0 spiro atoms. The first-order valence-electron chi connectivity index (χ1n) is 8.31. The molecule has 1 heterocycles. The maximum absolute atomic E-state index is 11.9. The van der Waals surface area contributed by atoms with Crippen LogP contribution >= 0.6 is 0 Å². The number of piperidine rings is 1. The van der Waals surface area contributed by atoms with Crippen molar-refractivity contribution in [3.63, 3.8) is 0 Å². The molecule has 7 nitrogen and oxygen atoms in total. The first kappa shape index (κ1) is 18.8. The van der Waals surface area contributed by atoms with Crippen molar-refractivity contribution in [3.8, 4) is 5.75 Å². The van der Waals surface area contributed by atoms with Crippen LogP contribution in [-0.4, -0.2) is 56.4 Å². The number of nitrogens with zero attached hydrogens (tertiary/aromatic N) is 2. The molecule has 0 aromatic heterocycles. The highest BCUT2D eigenvalue weighted by atomic mass is 16.7. The van der Waals surface area contributed by atoms with Crippen LogP contribution in [0.2, 0.25) is 0 Å². The molecule has 136 valence electrons. The minimum atomic E-state index is -0.620. The van der Waals surface area contributed by atoms with Crippen LogP contribution in [0.4, 0.5) is 0 Å². The molecule has 1 saturated heterocycles. The minimum absolute atomic E-state index is 0.165. The quantitative estimate of drug-likeness (QED) is 0.427. The number of amides is 1. The minimum Gasteiger partial charge on any atom is -0.497 e. The van der Waals surface area contributed by atoms with E-state index in [0.717, 1.165) is 37.2 Å². The zero-order valence-corrected chi connectivity index (χ0v) is 14.6. The fourth-order valence-corrected chi connectivity index (χ4v) is 2.41. The monoisotopic (exact) mass is 348 g/mol. The molecule has 1 aliphatic heterocycles. The van der Waals surface area contributed by atoms with E-state index in [0.29, 0.717) is 5.92 Å². The Labute approximate surface area is 147 Å². The Kier molecular flexibility index (Phi) is 7.25. The van der Waals surface area contributed by atoms with E-state index in [1.807, 2.05) is 12.1 Å². The van der Waals surface area contributed by atoms with Crippen LogP contribution in [0.1, 0.15) is 25.3 Å². The molecular formula is C18H24N2O5. The Morgan fingerprint density at radius 2 is 1.88 bits per heavy atom. The van der Waals surface area contributed by atoms with E-state index >= 15 is 0 Å². The van der Waals surface area contributed by atoms with E-state index in [4.69, 9.17) is 14.3 Å². The van der Waals surface area contributed by atoms with Crippen molar-refractivity contribution in [2.75, 3.05) is 33.4 Å². The summed E-state index contributed by atoms with van der Waals surface area (Å²) in [5.74, 6) is 0.602. The summed E-state index contributed by atoms with van der Waals surface area (Å²) >= 11 is 0. The number of benzene rings is 1. The number of likely N-dealkylation sites (tertiary alicyclic amines) is 1. The smallest absolute Gasteiger partial charge is 0.347 e. The Morgan fingerprint density at radius 3 is 2.52 bits per heavy atom. The van der Waals surface area contributed by atoms with Gasteiger partial charge < -0.3 is 19.2 Å². The summed E-state index contributed by atoms with van der Waals surface area (Å²) in [6, 6.07) is 7.20. The number of esters is 1. The predicted molar refractivity (Wildman–Crippen MR) is 92.5 cm³/mol. The van der Waals surface area contributed by atoms with Crippen molar-refractivity contribution < 1.29 is 23.9 Å². The Balaban J connectivity index is 1.63. The van der Waals surface area contributed by atoms with Gasteiger partial charge in [-0.1, -0.05) is 12.1 Å². The van der Waals surface area contributed by atoms with Gasteiger partial charge in [-0.05, 0) is 48.6 Å². The SMILES string of the molecule is COc1ccc(C=NOCC(=O)OCC(=O)N2CCC(C)CC2)cc1. The van der Waals surface area contributed by atoms with Gasteiger partial charge in [0.25, 0.3) is 5.91 Å². The summed E-state index contributed by atoms with van der Waals surface area (Å²) in [6.45, 7) is 3.03. The van der Waals surface area contributed by atoms with Crippen molar-refractivity contribution in [2.45, 2.75) is 19.8 Å². The largest absolute Gasteiger partial charge is 0.497 e. The fourth-order valence-electron chi connectivity index (χ4n) is 2.41. The number of carbonyl (C=O) groups is 2. The van der Waals surface area contributed by atoms with Crippen LogP contribution in [0, 0.1) is 5.92 Å². The van der Waals surface area contributed by atoms with Crippen LogP contribution < -0.4 is 4.74 Å². The topological polar surface area (TPSA) is 77.4 Å². The maximum Gasteiger partial charge on any atom is 0.347 e. The molecule has 0 atom stereocenters. The van der Waals surface area contributed by atoms with Gasteiger partial charge in [0.05, 0.1) is 13.3 Å². The highest BCUT2D eigenvalue weighted by Crippen LogP contribution is 2.15. The van der Waals surface area contributed by atoms with Crippen molar-refractivity contribution in [2.24, 2.45) is 11.1 Å². The Bertz CT molecular complexity index is 592. The molecule has 0 aliphatic carbocycles. The van der Waals surface area contributed by atoms with Crippen LogP contribution in [0.15, 0.2) is 29.4 Å². The molecule has 25 heavy (non-hydrogen) atoms. The van der Waals surface area contributed by atoms with Crippen LogP contribution in [-0.2, 0) is 19.2 Å². The molecule has 1 aromatic carbocycles. The van der Waals surface area contributed by atoms with Gasteiger partial charge in [-0.25, -0.2) is 4.79 Å². The Hall–Kier alpha value is -2.57. The van der Waals surface area contributed by atoms with E-state index in [1.165, 1.54) is 6.21 Å². The summed E-state index contributed by atoms with van der Waals surface area (Å²) < 4.78 is 9.97. The van der Waals surface area contributed by atoms with Crippen LogP contribution in [0.3, 0.4) is 0 Å². The number of oxime groups is 1. The first-order valence-corrected chi connectivity index (χ1v) is 8.31. The highest BCUT2D eigenvalue weighted by Gasteiger charge is 2.21. The van der Waals surface area contributed by atoms with E-state index in [2.05, 4.69) is 12.1 Å². The number of carbonyl (C=O) groups excluding carboxylic acids is 2. The van der Waals surface area contributed by atoms with Gasteiger partial charge >= 0.3 is 5.97 Å². The Morgan fingerprint density at radius 1 is 1.20 bits per heavy atom. The van der Waals surface area contributed by atoms with E-state index in [1.54, 1.807) is 24.1 Å². The molecule has 1 fully saturated rings. The molecular weight excluding hydrogens is 324 g/mol. The lowest BCUT2D eigenvalue weighted by molar-refractivity contribution is -0.156. The zero-order valence-electron chi connectivity index (χ0n) is 14.6. The third-order valence-corrected chi connectivity index (χ3v) is 4.07. The standard InChI is InChI=1S/C18H24N2O5/c1-14-7-9-20(10-8-14)17(21)12-24-18(22)13-25-19-11-15-3-5-16(23-2)6-4-15/h3-6,11,14H,7-10,12-13H2,1-2H3. The second-order valence-corrected chi connectivity index (χ2v) is 6.01. The van der Waals surface area contributed by atoms with Crippen LogP contribution in [0.25, 0.3) is 0 Å². The maximum atomic E-state index is 11.9. The lowest BCUT2D eigenvalue weighted by atomic mass is 9.99. The highest BCUT2D eigenvalue weighted by molar-refractivity contribution is 5.81. The normalized spacial score (nSPS) is 15.2. The van der Waals surface area contributed by atoms with Crippen molar-refractivity contribution in [1.82, 2.24) is 4.90 Å². The molecule has 0 saturated carbocycles. The van der Waals surface area contributed by atoms with Gasteiger partial charge in [0.1, 0.15) is 5.75 Å². The lowest BCUT2D eigenvalue weighted by Crippen LogP contribution is -2.40. The van der Waals surface area contributed by atoms with E-state index in [-0.39, 0.29) is 19.1 Å². The summed E-state index contributed by atoms with van der Waals surface area (Å²) in [5.41, 5.74) is 0.809. The fraction of sp³-hybridized carbons (Fsp3) is 0.500. The molecule has 1 aromatic rings. The van der Waals surface area contributed by atoms with Gasteiger partial charge in [0.15, 0.2) is 6.61 Å². The molecule has 0 unspecified atom stereocenters. The van der Waals surface area contributed by atoms with Crippen LogP contribution in [0.5, 0.6) is 5.75 Å². The van der Waals surface area contributed by atoms with Gasteiger partial charge in [0.2, 0.25) is 6.61 Å². The summed E-state index contributed by atoms with van der Waals surface area (Å²) in [6.07, 6.45) is 3.46. The second-order valence-electron chi connectivity index (χ2n) is 6.01. The molecule has 1 aliphatic rings. The molecule has 7 heteroatoms. The summed E-state index contributed by atoms with van der Waals surface area (Å²) in [4.78, 5) is 30.1. The van der Waals surface area contributed by atoms with Crippen molar-refractivity contribution in [1.29, 1.82) is 0 Å².